The third kappa shape index (κ3) is 2.38. The van der Waals surface area contributed by atoms with Crippen LogP contribution in [0.15, 0.2) is 18.2 Å². The van der Waals surface area contributed by atoms with E-state index in [4.69, 9.17) is 5.84 Å². The minimum absolute atomic E-state index is 0.00581. The average molecular weight is 250 g/mol. The molecule has 1 aromatic rings. The summed E-state index contributed by atoms with van der Waals surface area (Å²) in [6.07, 6.45) is 2.34. The van der Waals surface area contributed by atoms with Crippen LogP contribution in [0.25, 0.3) is 0 Å². The number of anilines is 2. The predicted molar refractivity (Wildman–Crippen MR) is 71.3 cm³/mol. The van der Waals surface area contributed by atoms with Crippen LogP contribution in [0.4, 0.5) is 17.1 Å². The number of nitrogens with zero attached hydrogens (tertiary/aromatic N) is 1. The SMILES string of the molecule is CC(C)(Nc1cccc(NN)c1[N+](=O)[O-])C1CC1. The number of nitro benzene ring substituents is 1. The number of nitrogen functional groups attached to an aromatic ring is 1. The van der Waals surface area contributed by atoms with E-state index in [2.05, 4.69) is 24.6 Å². The lowest BCUT2D eigenvalue weighted by Gasteiger charge is -2.27. The summed E-state index contributed by atoms with van der Waals surface area (Å²) < 4.78 is 0. The second-order valence-corrected chi connectivity index (χ2v) is 5.22. The van der Waals surface area contributed by atoms with Gasteiger partial charge in [0.15, 0.2) is 0 Å². The van der Waals surface area contributed by atoms with Gasteiger partial charge < -0.3 is 10.7 Å². The second-order valence-electron chi connectivity index (χ2n) is 5.22. The van der Waals surface area contributed by atoms with Crippen molar-refractivity contribution in [1.29, 1.82) is 0 Å². The minimum Gasteiger partial charge on any atom is -0.374 e. The highest BCUT2D eigenvalue weighted by Crippen LogP contribution is 2.43. The Labute approximate surface area is 106 Å². The number of nitrogens with one attached hydrogen (secondary N) is 2. The van der Waals surface area contributed by atoms with Crippen molar-refractivity contribution in [3.63, 3.8) is 0 Å². The molecule has 4 N–H and O–H groups in total. The summed E-state index contributed by atoms with van der Waals surface area (Å²) in [5.41, 5.74) is 3.04. The average Bonchev–Trinajstić information content (AvgIpc) is 3.11. The highest BCUT2D eigenvalue weighted by atomic mass is 16.6. The Kier molecular flexibility index (Phi) is 3.13. The van der Waals surface area contributed by atoms with E-state index in [1.165, 1.54) is 12.8 Å². The van der Waals surface area contributed by atoms with Crippen molar-refractivity contribution in [3.05, 3.63) is 28.3 Å². The maximum Gasteiger partial charge on any atom is 0.316 e. The smallest absolute Gasteiger partial charge is 0.316 e. The van der Waals surface area contributed by atoms with Crippen LogP contribution in [0.1, 0.15) is 26.7 Å². The zero-order chi connectivity index (χ0) is 13.3. The molecular weight excluding hydrogens is 232 g/mol. The molecule has 1 saturated carbocycles. The summed E-state index contributed by atoms with van der Waals surface area (Å²) in [5, 5.41) is 14.4. The number of rotatable bonds is 5. The first-order valence-corrected chi connectivity index (χ1v) is 5.98. The first-order chi connectivity index (χ1) is 8.45. The summed E-state index contributed by atoms with van der Waals surface area (Å²) in [4.78, 5) is 10.7. The predicted octanol–water partition coefficient (Wildman–Crippen LogP) is 2.48. The molecule has 0 aromatic heterocycles. The van der Waals surface area contributed by atoms with E-state index >= 15 is 0 Å². The molecule has 18 heavy (non-hydrogen) atoms. The van der Waals surface area contributed by atoms with Gasteiger partial charge in [-0.05, 0) is 44.7 Å². The molecule has 0 unspecified atom stereocenters. The molecule has 6 nitrogen and oxygen atoms in total. The van der Waals surface area contributed by atoms with Gasteiger partial charge in [-0.25, -0.2) is 0 Å². The Hall–Kier alpha value is -1.82. The molecule has 0 saturated heterocycles. The van der Waals surface area contributed by atoms with Crippen LogP contribution < -0.4 is 16.6 Å². The zero-order valence-electron chi connectivity index (χ0n) is 10.6. The van der Waals surface area contributed by atoms with Gasteiger partial charge in [0.2, 0.25) is 0 Å². The first-order valence-electron chi connectivity index (χ1n) is 5.98. The lowest BCUT2D eigenvalue weighted by atomic mass is 9.98. The summed E-state index contributed by atoms with van der Waals surface area (Å²) in [7, 11) is 0. The second kappa shape index (κ2) is 4.45. The van der Waals surface area contributed by atoms with Crippen molar-refractivity contribution < 1.29 is 4.92 Å². The number of benzene rings is 1. The fourth-order valence-electron chi connectivity index (χ4n) is 2.21. The fourth-order valence-corrected chi connectivity index (χ4v) is 2.21. The van der Waals surface area contributed by atoms with Crippen molar-refractivity contribution in [3.8, 4) is 0 Å². The third-order valence-electron chi connectivity index (χ3n) is 3.43. The topological polar surface area (TPSA) is 93.2 Å². The van der Waals surface area contributed by atoms with Gasteiger partial charge in [0.25, 0.3) is 0 Å². The Morgan fingerprint density at radius 1 is 1.39 bits per heavy atom. The van der Waals surface area contributed by atoms with E-state index in [9.17, 15) is 10.1 Å². The van der Waals surface area contributed by atoms with Gasteiger partial charge in [-0.1, -0.05) is 6.07 Å². The standard InChI is InChI=1S/C12H18N4O2/c1-12(2,8-6-7-8)14-9-4-3-5-10(15-13)11(9)16(17)18/h3-5,8,14-15H,6-7,13H2,1-2H3. The van der Waals surface area contributed by atoms with Gasteiger partial charge in [0, 0.05) is 5.54 Å². The molecular formula is C12H18N4O2. The number of nitro groups is 1. The molecule has 1 aliphatic rings. The number of hydrazine groups is 1. The lowest BCUT2D eigenvalue weighted by Crippen LogP contribution is -2.33. The Balaban J connectivity index is 2.34. The Bertz CT molecular complexity index is 469. The Morgan fingerprint density at radius 3 is 2.50 bits per heavy atom. The minimum atomic E-state index is -0.416. The van der Waals surface area contributed by atoms with Gasteiger partial charge in [-0.2, -0.15) is 0 Å². The van der Waals surface area contributed by atoms with Crippen molar-refractivity contribution in [2.45, 2.75) is 32.2 Å². The van der Waals surface area contributed by atoms with Crippen LogP contribution in [0, 0.1) is 16.0 Å². The van der Waals surface area contributed by atoms with E-state index in [0.717, 1.165) is 0 Å². The van der Waals surface area contributed by atoms with Gasteiger partial charge >= 0.3 is 5.69 Å². The monoisotopic (exact) mass is 250 g/mol. The number of hydrogen-bond acceptors (Lipinski definition) is 5. The molecule has 0 spiro atoms. The molecule has 0 aliphatic heterocycles. The van der Waals surface area contributed by atoms with E-state index in [1.807, 2.05) is 0 Å². The van der Waals surface area contributed by atoms with Crippen LogP contribution in [0.2, 0.25) is 0 Å². The molecule has 1 aliphatic carbocycles. The number of nitrogens with two attached hydrogens (primary N) is 1. The van der Waals surface area contributed by atoms with Crippen LogP contribution in [-0.4, -0.2) is 10.5 Å². The van der Waals surface area contributed by atoms with Crippen LogP contribution in [0.3, 0.4) is 0 Å². The third-order valence-corrected chi connectivity index (χ3v) is 3.43. The maximum absolute atomic E-state index is 11.1. The molecule has 0 bridgehead atoms. The molecule has 6 heteroatoms. The molecule has 98 valence electrons. The van der Waals surface area contributed by atoms with Crippen LogP contribution in [-0.2, 0) is 0 Å². The van der Waals surface area contributed by atoms with E-state index in [-0.39, 0.29) is 11.2 Å². The highest BCUT2D eigenvalue weighted by molar-refractivity contribution is 5.76. The Morgan fingerprint density at radius 2 is 2.00 bits per heavy atom. The summed E-state index contributed by atoms with van der Waals surface area (Å²) >= 11 is 0. The fraction of sp³-hybridized carbons (Fsp3) is 0.500. The zero-order valence-corrected chi connectivity index (χ0v) is 10.6. The van der Waals surface area contributed by atoms with Crippen molar-refractivity contribution in [2.75, 3.05) is 10.7 Å². The van der Waals surface area contributed by atoms with E-state index < -0.39 is 4.92 Å². The van der Waals surface area contributed by atoms with Crippen LogP contribution in [0.5, 0.6) is 0 Å². The molecule has 0 heterocycles. The molecule has 2 rings (SSSR count). The normalized spacial score (nSPS) is 15.3. The van der Waals surface area contributed by atoms with Gasteiger partial charge in [-0.3, -0.25) is 16.0 Å². The summed E-state index contributed by atoms with van der Waals surface area (Å²) in [6.45, 7) is 4.13. The number of para-hydroxylation sites is 1. The van der Waals surface area contributed by atoms with Crippen LogP contribution >= 0.6 is 0 Å². The first kappa shape index (κ1) is 12.6. The highest BCUT2D eigenvalue weighted by Gasteiger charge is 2.38. The van der Waals surface area contributed by atoms with E-state index in [0.29, 0.717) is 17.3 Å². The lowest BCUT2D eigenvalue weighted by molar-refractivity contribution is -0.383. The molecule has 0 radical (unpaired) electrons. The quantitative estimate of drug-likeness (QED) is 0.424. The van der Waals surface area contributed by atoms with E-state index in [1.54, 1.807) is 18.2 Å². The molecule has 0 amide bonds. The molecule has 0 atom stereocenters. The van der Waals surface area contributed by atoms with Crippen molar-refractivity contribution in [1.82, 2.24) is 0 Å². The number of hydrogen-bond donors (Lipinski definition) is 3. The van der Waals surface area contributed by atoms with Gasteiger partial charge in [0.05, 0.1) is 4.92 Å². The molecule has 1 aromatic carbocycles. The largest absolute Gasteiger partial charge is 0.374 e. The van der Waals surface area contributed by atoms with Crippen molar-refractivity contribution >= 4 is 17.1 Å². The van der Waals surface area contributed by atoms with Gasteiger partial charge in [0.1, 0.15) is 11.4 Å². The summed E-state index contributed by atoms with van der Waals surface area (Å²) in [5.74, 6) is 5.89. The molecule has 1 fully saturated rings. The maximum atomic E-state index is 11.1. The van der Waals surface area contributed by atoms with Crippen molar-refractivity contribution in [2.24, 2.45) is 11.8 Å². The summed E-state index contributed by atoms with van der Waals surface area (Å²) in [6, 6.07) is 5.05. The van der Waals surface area contributed by atoms with Gasteiger partial charge in [-0.15, -0.1) is 0 Å².